The lowest BCUT2D eigenvalue weighted by atomic mass is 10.1. The Morgan fingerprint density at radius 3 is 2.84 bits per heavy atom. The smallest absolute Gasteiger partial charge is 0.152 e. The first-order chi connectivity index (χ1) is 9.19. The second-order valence-electron chi connectivity index (χ2n) is 5.61. The Bertz CT molecular complexity index is 491. The number of anilines is 1. The third kappa shape index (κ3) is 2.37. The summed E-state index contributed by atoms with van der Waals surface area (Å²) in [7, 11) is 2.23. The van der Waals surface area contributed by atoms with E-state index in [9.17, 15) is 4.79 Å². The predicted octanol–water partition coefficient (Wildman–Crippen LogP) is 2.83. The third-order valence-corrected chi connectivity index (χ3v) is 4.84. The molecule has 0 spiro atoms. The zero-order chi connectivity index (χ0) is 13.4. The van der Waals surface area contributed by atoms with Crippen LogP contribution in [0.15, 0.2) is 18.2 Å². The fourth-order valence-electron chi connectivity index (χ4n) is 3.44. The van der Waals surface area contributed by atoms with Gasteiger partial charge in [-0.3, -0.25) is 9.69 Å². The molecule has 2 fully saturated rings. The van der Waals surface area contributed by atoms with Crippen LogP contribution in [0.3, 0.4) is 0 Å². The molecule has 2 aliphatic rings. The number of hydrogen-bond donors (Lipinski definition) is 0. The van der Waals surface area contributed by atoms with Gasteiger partial charge in [-0.2, -0.15) is 0 Å². The van der Waals surface area contributed by atoms with Crippen molar-refractivity contribution in [3.05, 3.63) is 28.8 Å². The van der Waals surface area contributed by atoms with Crippen molar-refractivity contribution >= 4 is 23.6 Å². The number of benzene rings is 1. The first-order valence-electron chi connectivity index (χ1n) is 6.90. The first-order valence-corrected chi connectivity index (χ1v) is 7.28. The Morgan fingerprint density at radius 1 is 1.26 bits per heavy atom. The van der Waals surface area contributed by atoms with Crippen LogP contribution in [-0.2, 0) is 0 Å². The van der Waals surface area contributed by atoms with E-state index in [1.54, 1.807) is 6.07 Å². The van der Waals surface area contributed by atoms with E-state index in [-0.39, 0.29) is 0 Å². The molecule has 0 aliphatic carbocycles. The Hall–Kier alpha value is -1.06. The van der Waals surface area contributed by atoms with E-state index < -0.39 is 0 Å². The Kier molecular flexibility index (Phi) is 3.50. The van der Waals surface area contributed by atoms with Crippen molar-refractivity contribution in [3.63, 3.8) is 0 Å². The first kappa shape index (κ1) is 12.9. The van der Waals surface area contributed by atoms with Crippen LogP contribution in [0.5, 0.6) is 0 Å². The summed E-state index contributed by atoms with van der Waals surface area (Å²) in [5.74, 6) is 0. The van der Waals surface area contributed by atoms with Crippen LogP contribution >= 0.6 is 11.6 Å². The number of carbonyl (C=O) groups is 1. The molecule has 1 aromatic carbocycles. The minimum Gasteiger partial charge on any atom is -0.369 e. The molecule has 2 atom stereocenters. The second kappa shape index (κ2) is 5.14. The van der Waals surface area contributed by atoms with Crippen molar-refractivity contribution in [2.75, 3.05) is 25.0 Å². The van der Waals surface area contributed by atoms with Gasteiger partial charge in [-0.05, 0) is 44.5 Å². The molecule has 1 aromatic rings. The van der Waals surface area contributed by atoms with E-state index in [0.717, 1.165) is 25.1 Å². The number of carbonyl (C=O) groups excluding carboxylic acids is 1. The van der Waals surface area contributed by atoms with Gasteiger partial charge in [0.05, 0.1) is 0 Å². The number of fused-ring (bicyclic) bond motifs is 2. The van der Waals surface area contributed by atoms with Gasteiger partial charge in [-0.1, -0.05) is 11.6 Å². The summed E-state index contributed by atoms with van der Waals surface area (Å²) < 4.78 is 0. The van der Waals surface area contributed by atoms with Crippen LogP contribution in [0.1, 0.15) is 29.6 Å². The van der Waals surface area contributed by atoms with Gasteiger partial charge in [-0.25, -0.2) is 0 Å². The van der Waals surface area contributed by atoms with Crippen LogP contribution < -0.4 is 4.90 Å². The van der Waals surface area contributed by atoms with Crippen molar-refractivity contribution in [2.24, 2.45) is 0 Å². The topological polar surface area (TPSA) is 23.6 Å². The molecule has 0 N–H and O–H groups in total. The van der Waals surface area contributed by atoms with Gasteiger partial charge < -0.3 is 4.90 Å². The molecule has 3 rings (SSSR count). The van der Waals surface area contributed by atoms with E-state index in [1.165, 1.54) is 19.3 Å². The summed E-state index contributed by atoms with van der Waals surface area (Å²) in [5.41, 5.74) is 1.73. The molecule has 2 heterocycles. The molecule has 19 heavy (non-hydrogen) atoms. The minimum atomic E-state index is 0.614. The van der Waals surface area contributed by atoms with Gasteiger partial charge in [0.1, 0.15) is 0 Å². The van der Waals surface area contributed by atoms with Crippen molar-refractivity contribution in [1.29, 1.82) is 0 Å². The van der Waals surface area contributed by atoms with Crippen LogP contribution in [0.4, 0.5) is 5.69 Å². The molecule has 2 unspecified atom stereocenters. The lowest BCUT2D eigenvalue weighted by Gasteiger charge is -2.28. The van der Waals surface area contributed by atoms with Gasteiger partial charge in [0.2, 0.25) is 0 Å². The molecule has 2 aliphatic heterocycles. The molecule has 102 valence electrons. The number of hydrogen-bond acceptors (Lipinski definition) is 3. The maximum absolute atomic E-state index is 11.2. The van der Waals surface area contributed by atoms with E-state index in [4.69, 9.17) is 11.6 Å². The molecule has 4 heteroatoms. The fraction of sp³-hybridized carbons (Fsp3) is 0.533. The van der Waals surface area contributed by atoms with Crippen molar-refractivity contribution in [3.8, 4) is 0 Å². The normalized spacial score (nSPS) is 27.4. The van der Waals surface area contributed by atoms with Gasteiger partial charge in [0.25, 0.3) is 0 Å². The average molecular weight is 279 g/mol. The van der Waals surface area contributed by atoms with E-state index >= 15 is 0 Å². The van der Waals surface area contributed by atoms with E-state index in [1.807, 2.05) is 12.1 Å². The predicted molar refractivity (Wildman–Crippen MR) is 78.2 cm³/mol. The van der Waals surface area contributed by atoms with Crippen molar-refractivity contribution < 1.29 is 4.79 Å². The Labute approximate surface area is 119 Å². The fourth-order valence-corrected chi connectivity index (χ4v) is 3.62. The molecular weight excluding hydrogens is 260 g/mol. The molecule has 0 aromatic heterocycles. The molecular formula is C15H19ClN2O. The third-order valence-electron chi connectivity index (χ3n) is 4.61. The number of rotatable bonds is 2. The average Bonchev–Trinajstić information content (AvgIpc) is 2.64. The van der Waals surface area contributed by atoms with Crippen LogP contribution in [-0.4, -0.2) is 43.4 Å². The Balaban J connectivity index is 1.88. The summed E-state index contributed by atoms with van der Waals surface area (Å²) in [6.07, 6.45) is 4.67. The lowest BCUT2D eigenvalue weighted by molar-refractivity contribution is 0.112. The van der Waals surface area contributed by atoms with Gasteiger partial charge in [0, 0.05) is 41.4 Å². The molecule has 2 bridgehead atoms. The van der Waals surface area contributed by atoms with Crippen LogP contribution in [0, 0.1) is 0 Å². The number of aldehydes is 1. The zero-order valence-corrected chi connectivity index (χ0v) is 11.9. The highest BCUT2D eigenvalue weighted by molar-refractivity contribution is 6.31. The molecule has 0 radical (unpaired) electrons. The summed E-state index contributed by atoms with van der Waals surface area (Å²) in [4.78, 5) is 16.1. The Morgan fingerprint density at radius 2 is 2.05 bits per heavy atom. The highest BCUT2D eigenvalue weighted by Gasteiger charge is 2.35. The SMILES string of the molecule is CN1C2CCC1CN(c1ccc(Cl)cc1C=O)CC2. The van der Waals surface area contributed by atoms with Crippen molar-refractivity contribution in [1.82, 2.24) is 4.90 Å². The second-order valence-corrected chi connectivity index (χ2v) is 6.04. The summed E-state index contributed by atoms with van der Waals surface area (Å²) in [6, 6.07) is 6.93. The highest BCUT2D eigenvalue weighted by Crippen LogP contribution is 2.32. The standard InChI is InChI=1S/C15H19ClN2O/c1-17-13-3-4-14(17)9-18(7-6-13)15-5-2-12(16)8-11(15)10-19/h2,5,8,10,13-14H,3-4,6-7,9H2,1H3. The monoisotopic (exact) mass is 278 g/mol. The summed E-state index contributed by atoms with van der Waals surface area (Å²) in [6.45, 7) is 2.03. The molecule has 0 saturated carbocycles. The van der Waals surface area contributed by atoms with Gasteiger partial charge in [0.15, 0.2) is 6.29 Å². The number of nitrogens with zero attached hydrogens (tertiary/aromatic N) is 2. The quantitative estimate of drug-likeness (QED) is 0.777. The maximum atomic E-state index is 11.2. The van der Waals surface area contributed by atoms with Gasteiger partial charge >= 0.3 is 0 Å². The van der Waals surface area contributed by atoms with Gasteiger partial charge in [-0.15, -0.1) is 0 Å². The molecule has 3 nitrogen and oxygen atoms in total. The number of likely N-dealkylation sites (N-methyl/N-ethyl adjacent to an activating group) is 1. The lowest BCUT2D eigenvalue weighted by Crippen LogP contribution is -2.37. The zero-order valence-electron chi connectivity index (χ0n) is 11.2. The molecule has 0 amide bonds. The van der Waals surface area contributed by atoms with Crippen LogP contribution in [0.25, 0.3) is 0 Å². The minimum absolute atomic E-state index is 0.614. The maximum Gasteiger partial charge on any atom is 0.152 e. The number of halogens is 1. The largest absolute Gasteiger partial charge is 0.369 e. The van der Waals surface area contributed by atoms with E-state index in [0.29, 0.717) is 22.7 Å². The highest BCUT2D eigenvalue weighted by atomic mass is 35.5. The van der Waals surface area contributed by atoms with Crippen LogP contribution in [0.2, 0.25) is 5.02 Å². The molecule has 2 saturated heterocycles. The summed E-state index contributed by atoms with van der Waals surface area (Å²) >= 11 is 5.97. The van der Waals surface area contributed by atoms with E-state index in [2.05, 4.69) is 16.8 Å². The summed E-state index contributed by atoms with van der Waals surface area (Å²) in [5, 5.41) is 0.624. The van der Waals surface area contributed by atoms with Crippen molar-refractivity contribution in [2.45, 2.75) is 31.3 Å².